The SMILES string of the molecule is CCCCSC1C(SCCCC)C(SCCCC)C2C3NC(NC4NC(NC5NC(NC6NC(N3)C3C(SCCCC)C(SCCCC)C(SCCCC)C(SCCCC)C63)C3C(Nc6ccccc6)C(Nc6ccccc6)C(Nc6ccccc6)C(Nc6ccccc6)C53)C3C(Nc5ccccc5)C(Nc5ccccc5)C(Nc5ccccc5)C(Nc5ccccc5)C43)C2C1SCCCC. The summed E-state index contributed by atoms with van der Waals surface area (Å²) in [6.45, 7) is 19.4. The normalized spacial score (nSPS) is 33.7. The molecule has 8 aromatic carbocycles. The van der Waals surface area contributed by atoms with E-state index in [4.69, 9.17) is 42.5 Å². The summed E-state index contributed by atoms with van der Waals surface area (Å²) in [5, 5.41) is 79.4. The summed E-state index contributed by atoms with van der Waals surface area (Å²) in [6.07, 6.45) is 17.9. The number of unbranched alkanes of at least 4 members (excludes halogenated alkanes) is 8. The average molecular weight is 1990 g/mol. The molecular formula is C112H160N16S8. The van der Waals surface area contributed by atoms with Crippen molar-refractivity contribution in [2.45, 2.75) is 298 Å². The first-order chi connectivity index (χ1) is 67.2. The van der Waals surface area contributed by atoms with E-state index >= 15 is 0 Å². The van der Waals surface area contributed by atoms with Gasteiger partial charge in [-0.25, -0.2) is 0 Å². The molecule has 5 aliphatic heterocycles. The number of fused-ring (bicyclic) bond motifs is 20. The Morgan fingerprint density at radius 3 is 0.426 bits per heavy atom. The second-order valence-corrected chi connectivity index (χ2v) is 49.9. The minimum atomic E-state index is -0.328. The van der Waals surface area contributed by atoms with E-state index < -0.39 is 0 Å². The van der Waals surface area contributed by atoms with Gasteiger partial charge < -0.3 is 42.5 Å². The molecule has 24 heteroatoms. The molecule has 32 atom stereocenters. The first-order valence-corrected chi connectivity index (χ1v) is 61.1. The van der Waals surface area contributed by atoms with Crippen molar-refractivity contribution in [1.29, 1.82) is 0 Å². The Bertz CT molecular complexity index is 4410. The van der Waals surface area contributed by atoms with Crippen molar-refractivity contribution >= 4 is 140 Å². The zero-order chi connectivity index (χ0) is 93.3. The van der Waals surface area contributed by atoms with Crippen molar-refractivity contribution in [3.8, 4) is 0 Å². The molecule has 4 aliphatic carbocycles. The molecule has 736 valence electrons. The molecule has 8 bridgehead atoms. The summed E-state index contributed by atoms with van der Waals surface area (Å²) in [4.78, 5) is 0. The maximum Gasteiger partial charge on any atom is 0.0687 e. The van der Waals surface area contributed by atoms with Crippen LogP contribution in [0.3, 0.4) is 0 Å². The van der Waals surface area contributed by atoms with E-state index in [0.717, 1.165) is 57.0 Å². The highest BCUT2D eigenvalue weighted by atomic mass is 32.2. The molecule has 0 radical (unpaired) electrons. The standard InChI is InChI=1S/C112H160N16S8/c1-9-17-65-129-97-85-87(99(131-67-19-11-3)103(135-71-23-15-7)101(97)133-69-21-13-5)111-126-109(85)124-107-83-81(89(113-73-49-33-25-34-50-73)93(117-77-57-41-29-42-58-77)95(119-79-61-45-31-46-62-79)91(83)115-75-53-37-27-38-54-75)105(122-107)121-106-82-84(92(116-76-55-39-28-40-56-76)96(120-80-63-47-32-48-64-80)94(118-78-59-43-30-44-60-78)90(82)114-74-51-35-26-36-52-74)108(123-106)125-110-86-88(112(127-110)128-111)100(132-68-20-12-4)104(136-72-24-16-8)102(134-70-22-14-6)98(86)130-66-18-10-2/h25-64,81-128H,9-24,65-72H2,1-8H3. The molecule has 9 fully saturated rings. The molecule has 16 N–H and O–H groups in total. The molecule has 17 rings (SSSR count). The van der Waals surface area contributed by atoms with Crippen LogP contribution in [0.2, 0.25) is 0 Å². The van der Waals surface area contributed by atoms with Crippen LogP contribution >= 0.6 is 94.1 Å². The third kappa shape index (κ3) is 24.8. The maximum atomic E-state index is 5.11. The van der Waals surface area contributed by atoms with Gasteiger partial charge in [-0.15, -0.1) is 0 Å². The summed E-state index contributed by atoms with van der Waals surface area (Å²) in [7, 11) is 0. The lowest BCUT2D eigenvalue weighted by Crippen LogP contribution is -2.72. The van der Waals surface area contributed by atoms with Crippen molar-refractivity contribution in [3.63, 3.8) is 0 Å². The van der Waals surface area contributed by atoms with Crippen LogP contribution in [0.25, 0.3) is 0 Å². The van der Waals surface area contributed by atoms with Gasteiger partial charge in [0.2, 0.25) is 0 Å². The Labute approximate surface area is 851 Å². The number of hydrogen-bond acceptors (Lipinski definition) is 24. The highest BCUT2D eigenvalue weighted by Gasteiger charge is 2.68. The van der Waals surface area contributed by atoms with E-state index in [9.17, 15) is 0 Å². The van der Waals surface area contributed by atoms with Gasteiger partial charge in [0.1, 0.15) is 0 Å². The Balaban J connectivity index is 0.946. The van der Waals surface area contributed by atoms with Gasteiger partial charge in [0, 0.05) is 135 Å². The topological polar surface area (TPSA) is 192 Å². The van der Waals surface area contributed by atoms with Gasteiger partial charge in [0.25, 0.3) is 0 Å². The van der Waals surface area contributed by atoms with Crippen LogP contribution in [0.1, 0.15) is 158 Å². The Hall–Kier alpha value is -5.36. The van der Waals surface area contributed by atoms with E-state index in [-0.39, 0.29) is 145 Å². The number of para-hydroxylation sites is 8. The van der Waals surface area contributed by atoms with E-state index in [1.165, 1.54) is 137 Å². The average Bonchev–Trinajstić information content (AvgIpc) is 1.55. The monoisotopic (exact) mass is 1990 g/mol. The smallest absolute Gasteiger partial charge is 0.0687 e. The van der Waals surface area contributed by atoms with Crippen LogP contribution in [-0.2, 0) is 0 Å². The predicted molar refractivity (Wildman–Crippen MR) is 603 cm³/mol. The molecule has 4 saturated carbocycles. The number of anilines is 8. The summed E-state index contributed by atoms with van der Waals surface area (Å²) in [5.74, 6) is 10.0. The second-order valence-electron chi connectivity index (χ2n) is 39.6. The Morgan fingerprint density at radius 1 is 0.162 bits per heavy atom. The van der Waals surface area contributed by atoms with E-state index in [1.54, 1.807) is 0 Å². The van der Waals surface area contributed by atoms with Gasteiger partial charge in [-0.05, 0) is 194 Å². The third-order valence-electron chi connectivity index (χ3n) is 30.5. The van der Waals surface area contributed by atoms with Crippen LogP contribution in [-0.4, -0.2) is 186 Å². The summed E-state index contributed by atoms with van der Waals surface area (Å²) in [6, 6.07) is 88.0. The van der Waals surface area contributed by atoms with Crippen molar-refractivity contribution in [2.75, 3.05) is 88.6 Å². The lowest BCUT2D eigenvalue weighted by Gasteiger charge is -2.54. The molecule has 32 unspecified atom stereocenters. The number of hydrogen-bond donors (Lipinski definition) is 16. The van der Waals surface area contributed by atoms with E-state index in [2.05, 4.69) is 435 Å². The van der Waals surface area contributed by atoms with Gasteiger partial charge in [-0.2, -0.15) is 94.1 Å². The van der Waals surface area contributed by atoms with Gasteiger partial charge in [-0.3, -0.25) is 42.5 Å². The summed E-state index contributed by atoms with van der Waals surface area (Å²) >= 11 is 19.1. The summed E-state index contributed by atoms with van der Waals surface area (Å²) < 4.78 is 0. The quantitative estimate of drug-likeness (QED) is 0.0161. The van der Waals surface area contributed by atoms with Crippen molar-refractivity contribution in [2.24, 2.45) is 47.3 Å². The van der Waals surface area contributed by atoms with Crippen LogP contribution in [0.15, 0.2) is 243 Å². The van der Waals surface area contributed by atoms with Gasteiger partial charge in [-0.1, -0.05) is 252 Å². The lowest BCUT2D eigenvalue weighted by molar-refractivity contribution is 0.128. The molecule has 9 aliphatic rings. The first kappa shape index (κ1) is 102. The number of nitrogens with one attached hydrogen (secondary N) is 16. The first-order valence-electron chi connectivity index (χ1n) is 52.7. The minimum Gasteiger partial charge on any atom is -0.380 e. The van der Waals surface area contributed by atoms with Crippen LogP contribution in [0.4, 0.5) is 45.5 Å². The zero-order valence-electron chi connectivity index (χ0n) is 81.8. The molecule has 0 aromatic heterocycles. The van der Waals surface area contributed by atoms with Crippen molar-refractivity contribution in [3.05, 3.63) is 243 Å². The van der Waals surface area contributed by atoms with Gasteiger partial charge in [0.05, 0.1) is 97.7 Å². The number of benzene rings is 8. The van der Waals surface area contributed by atoms with Crippen LogP contribution in [0.5, 0.6) is 0 Å². The predicted octanol–water partition coefficient (Wildman–Crippen LogP) is 23.4. The third-order valence-corrected chi connectivity index (χ3v) is 43.6. The molecule has 0 spiro atoms. The zero-order valence-corrected chi connectivity index (χ0v) is 88.3. The number of thioether (sulfide) groups is 8. The van der Waals surface area contributed by atoms with Crippen LogP contribution < -0.4 is 85.1 Å². The fourth-order valence-corrected chi connectivity index (χ4v) is 39.8. The van der Waals surface area contributed by atoms with Gasteiger partial charge in [0.15, 0.2) is 0 Å². The highest BCUT2D eigenvalue weighted by molar-refractivity contribution is 8.08. The second kappa shape index (κ2) is 52.2. The van der Waals surface area contributed by atoms with Crippen molar-refractivity contribution in [1.82, 2.24) is 42.5 Å². The molecule has 5 heterocycles. The molecule has 136 heavy (non-hydrogen) atoms. The van der Waals surface area contributed by atoms with Crippen molar-refractivity contribution < 1.29 is 0 Å². The van der Waals surface area contributed by atoms with E-state index in [0.29, 0.717) is 42.0 Å². The molecule has 16 nitrogen and oxygen atoms in total. The Morgan fingerprint density at radius 2 is 0.287 bits per heavy atom. The highest BCUT2D eigenvalue weighted by Crippen LogP contribution is 2.59. The van der Waals surface area contributed by atoms with Crippen LogP contribution in [0, 0.1) is 47.3 Å². The molecule has 8 aromatic rings. The maximum absolute atomic E-state index is 5.11. The largest absolute Gasteiger partial charge is 0.380 e. The summed E-state index contributed by atoms with van der Waals surface area (Å²) in [5.41, 5.74) is 8.78. The molecular weight excluding hydrogens is 1830 g/mol. The minimum absolute atomic E-state index is 0.0399. The molecule has 0 amide bonds. The number of rotatable bonds is 48. The fourth-order valence-electron chi connectivity index (χ4n) is 24.2. The Kier molecular flexibility index (Phi) is 39.2. The van der Waals surface area contributed by atoms with E-state index in [1.807, 2.05) is 0 Å². The van der Waals surface area contributed by atoms with Gasteiger partial charge >= 0.3 is 0 Å². The molecule has 5 saturated heterocycles. The lowest BCUT2D eigenvalue weighted by atomic mass is 9.66. The fraction of sp³-hybridized carbons (Fsp3) is 0.571.